The van der Waals surface area contributed by atoms with Crippen LogP contribution in [0.3, 0.4) is 0 Å². The van der Waals surface area contributed by atoms with E-state index in [1.165, 1.54) is 19.2 Å². The predicted octanol–water partition coefficient (Wildman–Crippen LogP) is 3.20. The molecule has 1 fully saturated rings. The molecule has 1 saturated heterocycles. The van der Waals surface area contributed by atoms with E-state index in [0.29, 0.717) is 31.7 Å². The first-order chi connectivity index (χ1) is 14.6. The van der Waals surface area contributed by atoms with Gasteiger partial charge in [-0.3, -0.25) is 9.89 Å². The van der Waals surface area contributed by atoms with Crippen LogP contribution < -0.4 is 14.4 Å². The van der Waals surface area contributed by atoms with Crippen molar-refractivity contribution in [1.82, 2.24) is 15.1 Å². The Kier molecular flexibility index (Phi) is 5.56. The molecular formula is C22H23FN4O3. The SMILES string of the molecule is COc1ccc(-c2cc(N3CCN(C(=O)c4ccc(OC)c(F)c4)CC3)n[nH]2)cc1. The molecule has 7 nitrogen and oxygen atoms in total. The first-order valence-corrected chi connectivity index (χ1v) is 9.66. The zero-order valence-electron chi connectivity index (χ0n) is 16.9. The number of H-pyrrole nitrogens is 1. The van der Waals surface area contributed by atoms with Gasteiger partial charge in [-0.15, -0.1) is 0 Å². The van der Waals surface area contributed by atoms with E-state index in [-0.39, 0.29) is 11.7 Å². The van der Waals surface area contributed by atoms with E-state index in [1.54, 1.807) is 18.1 Å². The quantitative estimate of drug-likeness (QED) is 0.700. The molecule has 3 aromatic rings. The fraction of sp³-hybridized carbons (Fsp3) is 0.273. The Labute approximate surface area is 174 Å². The Balaban J connectivity index is 1.39. The van der Waals surface area contributed by atoms with Gasteiger partial charge in [-0.1, -0.05) is 0 Å². The molecule has 0 saturated carbocycles. The lowest BCUT2D eigenvalue weighted by atomic mass is 10.1. The Morgan fingerprint density at radius 1 is 1.00 bits per heavy atom. The highest BCUT2D eigenvalue weighted by molar-refractivity contribution is 5.94. The number of hydrogen-bond acceptors (Lipinski definition) is 5. The molecule has 1 aliphatic rings. The monoisotopic (exact) mass is 410 g/mol. The topological polar surface area (TPSA) is 70.7 Å². The summed E-state index contributed by atoms with van der Waals surface area (Å²) < 4.78 is 24.0. The second-order valence-electron chi connectivity index (χ2n) is 7.00. The largest absolute Gasteiger partial charge is 0.497 e. The molecule has 8 heteroatoms. The summed E-state index contributed by atoms with van der Waals surface area (Å²) in [4.78, 5) is 16.6. The first kappa shape index (κ1) is 19.8. The number of methoxy groups -OCH3 is 2. The molecule has 0 radical (unpaired) electrons. The number of ether oxygens (including phenoxy) is 2. The fourth-order valence-corrected chi connectivity index (χ4v) is 3.51. The van der Waals surface area contributed by atoms with Gasteiger partial charge in [-0.05, 0) is 48.0 Å². The van der Waals surface area contributed by atoms with Crippen LogP contribution in [0.1, 0.15) is 10.4 Å². The van der Waals surface area contributed by atoms with Gasteiger partial charge in [-0.25, -0.2) is 4.39 Å². The van der Waals surface area contributed by atoms with Crippen molar-refractivity contribution in [3.63, 3.8) is 0 Å². The Bertz CT molecular complexity index is 1030. The van der Waals surface area contributed by atoms with Crippen LogP contribution >= 0.6 is 0 Å². The van der Waals surface area contributed by atoms with Gasteiger partial charge in [0.25, 0.3) is 5.91 Å². The van der Waals surface area contributed by atoms with Crippen LogP contribution in [0.2, 0.25) is 0 Å². The summed E-state index contributed by atoms with van der Waals surface area (Å²) in [6.07, 6.45) is 0. The average Bonchev–Trinajstić information content (AvgIpc) is 3.29. The van der Waals surface area contributed by atoms with Crippen LogP contribution in [-0.4, -0.2) is 61.4 Å². The lowest BCUT2D eigenvalue weighted by molar-refractivity contribution is 0.0746. The van der Waals surface area contributed by atoms with Crippen molar-refractivity contribution >= 4 is 11.7 Å². The van der Waals surface area contributed by atoms with E-state index in [9.17, 15) is 9.18 Å². The Morgan fingerprint density at radius 2 is 1.73 bits per heavy atom. The highest BCUT2D eigenvalue weighted by atomic mass is 19.1. The van der Waals surface area contributed by atoms with E-state index in [1.807, 2.05) is 30.3 Å². The second-order valence-corrected chi connectivity index (χ2v) is 7.00. The number of piperazine rings is 1. The van der Waals surface area contributed by atoms with E-state index < -0.39 is 5.82 Å². The highest BCUT2D eigenvalue weighted by Crippen LogP contribution is 2.25. The van der Waals surface area contributed by atoms with Crippen molar-refractivity contribution in [3.05, 3.63) is 59.9 Å². The van der Waals surface area contributed by atoms with E-state index >= 15 is 0 Å². The van der Waals surface area contributed by atoms with Gasteiger partial charge in [0.2, 0.25) is 0 Å². The van der Waals surface area contributed by atoms with Gasteiger partial charge in [0.1, 0.15) is 5.75 Å². The zero-order chi connectivity index (χ0) is 21.1. The van der Waals surface area contributed by atoms with Crippen molar-refractivity contribution in [2.45, 2.75) is 0 Å². The molecule has 0 unspecified atom stereocenters. The first-order valence-electron chi connectivity index (χ1n) is 9.66. The van der Waals surface area contributed by atoms with E-state index in [2.05, 4.69) is 15.1 Å². The van der Waals surface area contributed by atoms with Crippen molar-refractivity contribution < 1.29 is 18.7 Å². The number of hydrogen-bond donors (Lipinski definition) is 1. The zero-order valence-corrected chi connectivity index (χ0v) is 16.9. The lowest BCUT2D eigenvalue weighted by Gasteiger charge is -2.34. The number of carbonyl (C=O) groups is 1. The normalized spacial score (nSPS) is 14.0. The summed E-state index contributed by atoms with van der Waals surface area (Å²) in [7, 11) is 3.03. The summed E-state index contributed by atoms with van der Waals surface area (Å²) in [5.74, 6) is 1.05. The minimum Gasteiger partial charge on any atom is -0.497 e. The van der Waals surface area contributed by atoms with Crippen molar-refractivity contribution in [2.75, 3.05) is 45.3 Å². The molecular weight excluding hydrogens is 387 g/mol. The number of nitrogens with zero attached hydrogens (tertiary/aromatic N) is 3. The molecule has 0 spiro atoms. The summed E-state index contributed by atoms with van der Waals surface area (Å²) in [6.45, 7) is 2.38. The Morgan fingerprint density at radius 3 is 2.37 bits per heavy atom. The molecule has 0 atom stereocenters. The van der Waals surface area contributed by atoms with Crippen LogP contribution in [0.15, 0.2) is 48.5 Å². The summed E-state index contributed by atoms with van der Waals surface area (Å²) in [6, 6.07) is 14.0. The van der Waals surface area contributed by atoms with Gasteiger partial charge in [0.15, 0.2) is 17.4 Å². The van der Waals surface area contributed by atoms with Crippen LogP contribution in [0.25, 0.3) is 11.3 Å². The number of anilines is 1. The fourth-order valence-electron chi connectivity index (χ4n) is 3.51. The van der Waals surface area contributed by atoms with E-state index in [0.717, 1.165) is 22.8 Å². The number of aromatic amines is 1. The van der Waals surface area contributed by atoms with Gasteiger partial charge in [0, 0.05) is 37.8 Å². The predicted molar refractivity (Wildman–Crippen MR) is 112 cm³/mol. The highest BCUT2D eigenvalue weighted by Gasteiger charge is 2.24. The summed E-state index contributed by atoms with van der Waals surface area (Å²) in [5.41, 5.74) is 2.26. The lowest BCUT2D eigenvalue weighted by Crippen LogP contribution is -2.49. The van der Waals surface area contributed by atoms with Gasteiger partial charge < -0.3 is 19.3 Å². The molecule has 1 aromatic heterocycles. The minimum absolute atomic E-state index is 0.127. The summed E-state index contributed by atoms with van der Waals surface area (Å²) in [5, 5.41) is 7.49. The Hall–Kier alpha value is -3.55. The van der Waals surface area contributed by atoms with Crippen LogP contribution in [-0.2, 0) is 0 Å². The number of amides is 1. The van der Waals surface area contributed by atoms with Crippen LogP contribution in [0.5, 0.6) is 11.5 Å². The maximum absolute atomic E-state index is 13.9. The van der Waals surface area contributed by atoms with Crippen LogP contribution in [0.4, 0.5) is 10.2 Å². The number of aromatic nitrogens is 2. The molecule has 2 heterocycles. The molecule has 0 aliphatic carbocycles. The van der Waals surface area contributed by atoms with Crippen molar-refractivity contribution in [2.24, 2.45) is 0 Å². The third-order valence-electron chi connectivity index (χ3n) is 5.25. The molecule has 1 N–H and O–H groups in total. The van der Waals surface area contributed by atoms with E-state index in [4.69, 9.17) is 9.47 Å². The third-order valence-corrected chi connectivity index (χ3v) is 5.25. The number of nitrogens with one attached hydrogen (secondary N) is 1. The standard InChI is InChI=1S/C22H23FN4O3/c1-29-17-6-3-15(4-7-17)19-14-21(25-24-19)26-9-11-27(12-10-26)22(28)16-5-8-20(30-2)18(23)13-16/h3-8,13-14H,9-12H2,1-2H3,(H,24,25). The van der Waals surface area contributed by atoms with Gasteiger partial charge in [-0.2, -0.15) is 5.10 Å². The minimum atomic E-state index is -0.537. The molecule has 156 valence electrons. The van der Waals surface area contributed by atoms with Gasteiger partial charge in [0.05, 0.1) is 19.9 Å². The van der Waals surface area contributed by atoms with Crippen molar-refractivity contribution in [1.29, 1.82) is 0 Å². The third kappa shape index (κ3) is 3.94. The van der Waals surface area contributed by atoms with Crippen LogP contribution in [0, 0.1) is 5.82 Å². The van der Waals surface area contributed by atoms with Gasteiger partial charge >= 0.3 is 0 Å². The average molecular weight is 410 g/mol. The number of rotatable bonds is 5. The molecule has 4 rings (SSSR count). The molecule has 0 bridgehead atoms. The maximum Gasteiger partial charge on any atom is 0.254 e. The molecule has 30 heavy (non-hydrogen) atoms. The van der Waals surface area contributed by atoms with Crippen molar-refractivity contribution in [3.8, 4) is 22.8 Å². The number of benzene rings is 2. The molecule has 1 aliphatic heterocycles. The molecule has 2 aromatic carbocycles. The number of halogens is 1. The maximum atomic E-state index is 13.9. The molecule has 1 amide bonds. The number of carbonyl (C=O) groups excluding carboxylic acids is 1. The smallest absolute Gasteiger partial charge is 0.254 e. The summed E-state index contributed by atoms with van der Waals surface area (Å²) >= 11 is 0. The second kappa shape index (κ2) is 8.44.